The molecule has 2 aliphatic rings. The molecule has 1 aromatic carbocycles. The average molecular weight is 543 g/mol. The molecule has 0 saturated carbocycles. The Kier molecular flexibility index (Phi) is 13.5. The van der Waals surface area contributed by atoms with Gasteiger partial charge in [0, 0.05) is 59.4 Å². The quantitative estimate of drug-likeness (QED) is 0.206. The smallest absolute Gasteiger partial charge is 0.191 e. The van der Waals surface area contributed by atoms with Gasteiger partial charge in [-0.2, -0.15) is 0 Å². The first-order valence-corrected chi connectivity index (χ1v) is 12.0. The standard InChI is InChI=1S/C24H42N6.HI/c1-25-24(27-13-17-28-14-7-3-8-15-28)26-12-6-9-16-29-18-20-30(21-19-29)22-23-10-4-2-5-11-23;/h2,4-5,10-11H,3,6-9,12-22H2,1H3,(H2,25,26,27);1H. The number of hydrogen-bond donors (Lipinski definition) is 2. The van der Waals surface area contributed by atoms with Gasteiger partial charge in [0.2, 0.25) is 0 Å². The molecule has 0 aromatic heterocycles. The number of likely N-dealkylation sites (tertiary alicyclic amines) is 1. The van der Waals surface area contributed by atoms with Crippen LogP contribution in [0.4, 0.5) is 0 Å². The van der Waals surface area contributed by atoms with Crippen LogP contribution in [0.15, 0.2) is 35.3 Å². The monoisotopic (exact) mass is 542 g/mol. The van der Waals surface area contributed by atoms with Crippen LogP contribution < -0.4 is 10.6 Å². The molecule has 3 rings (SSSR count). The maximum atomic E-state index is 4.36. The summed E-state index contributed by atoms with van der Waals surface area (Å²) in [7, 11) is 1.87. The third kappa shape index (κ3) is 10.5. The molecule has 7 heteroatoms. The highest BCUT2D eigenvalue weighted by atomic mass is 127. The molecule has 2 fully saturated rings. The molecular weight excluding hydrogens is 499 g/mol. The van der Waals surface area contributed by atoms with Gasteiger partial charge in [0.05, 0.1) is 0 Å². The van der Waals surface area contributed by atoms with Crippen LogP contribution >= 0.6 is 24.0 Å². The van der Waals surface area contributed by atoms with Crippen LogP contribution in [0.1, 0.15) is 37.7 Å². The van der Waals surface area contributed by atoms with Crippen molar-refractivity contribution in [1.29, 1.82) is 0 Å². The molecule has 0 spiro atoms. The number of unbranched alkanes of at least 4 members (excludes halogenated alkanes) is 1. The van der Waals surface area contributed by atoms with E-state index in [1.807, 2.05) is 7.05 Å². The fraction of sp³-hybridized carbons (Fsp3) is 0.708. The number of piperidine rings is 1. The van der Waals surface area contributed by atoms with Gasteiger partial charge in [-0.05, 0) is 50.9 Å². The first-order valence-electron chi connectivity index (χ1n) is 12.0. The van der Waals surface area contributed by atoms with E-state index >= 15 is 0 Å². The summed E-state index contributed by atoms with van der Waals surface area (Å²) in [6.45, 7) is 12.7. The summed E-state index contributed by atoms with van der Waals surface area (Å²) < 4.78 is 0. The minimum atomic E-state index is 0. The lowest BCUT2D eigenvalue weighted by molar-refractivity contribution is 0.126. The van der Waals surface area contributed by atoms with Gasteiger partial charge in [0.15, 0.2) is 5.96 Å². The molecule has 0 atom stereocenters. The molecule has 31 heavy (non-hydrogen) atoms. The molecule has 2 aliphatic heterocycles. The first kappa shape index (κ1) is 26.4. The summed E-state index contributed by atoms with van der Waals surface area (Å²) in [5.74, 6) is 0.946. The Morgan fingerprint density at radius 3 is 2.13 bits per heavy atom. The predicted octanol–water partition coefficient (Wildman–Crippen LogP) is 2.85. The van der Waals surface area contributed by atoms with E-state index < -0.39 is 0 Å². The Hall–Kier alpha value is -0.900. The largest absolute Gasteiger partial charge is 0.356 e. The molecule has 2 heterocycles. The highest BCUT2D eigenvalue weighted by Gasteiger charge is 2.16. The molecule has 0 radical (unpaired) electrons. The number of nitrogens with zero attached hydrogens (tertiary/aromatic N) is 4. The SMILES string of the molecule is CN=C(NCCCCN1CCN(Cc2ccccc2)CC1)NCCN1CCCCC1.I. The van der Waals surface area contributed by atoms with Gasteiger partial charge in [-0.15, -0.1) is 24.0 Å². The van der Waals surface area contributed by atoms with Crippen LogP contribution in [0, 0.1) is 0 Å². The molecule has 1 aromatic rings. The topological polar surface area (TPSA) is 46.1 Å². The van der Waals surface area contributed by atoms with Gasteiger partial charge in [0.25, 0.3) is 0 Å². The van der Waals surface area contributed by atoms with Crippen LogP contribution in [-0.2, 0) is 6.54 Å². The predicted molar refractivity (Wildman–Crippen MR) is 142 cm³/mol. The zero-order valence-corrected chi connectivity index (χ0v) is 21.7. The van der Waals surface area contributed by atoms with Crippen molar-refractivity contribution in [3.8, 4) is 0 Å². The second-order valence-electron chi connectivity index (χ2n) is 8.64. The fourth-order valence-corrected chi connectivity index (χ4v) is 4.42. The normalized spacial score (nSPS) is 19.1. The Labute approximate surface area is 206 Å². The van der Waals surface area contributed by atoms with Crippen molar-refractivity contribution in [3.05, 3.63) is 35.9 Å². The molecule has 6 nitrogen and oxygen atoms in total. The Morgan fingerprint density at radius 2 is 1.42 bits per heavy atom. The number of halogens is 1. The number of rotatable bonds is 10. The molecule has 2 saturated heterocycles. The zero-order valence-electron chi connectivity index (χ0n) is 19.4. The van der Waals surface area contributed by atoms with E-state index in [1.54, 1.807) is 0 Å². The van der Waals surface area contributed by atoms with Crippen LogP contribution in [0.25, 0.3) is 0 Å². The van der Waals surface area contributed by atoms with E-state index in [0.717, 1.165) is 32.1 Å². The van der Waals surface area contributed by atoms with Gasteiger partial charge < -0.3 is 20.4 Å². The summed E-state index contributed by atoms with van der Waals surface area (Å²) >= 11 is 0. The lowest BCUT2D eigenvalue weighted by Gasteiger charge is -2.34. The molecular formula is C24H43IN6. The average Bonchev–Trinajstić information content (AvgIpc) is 2.80. The molecule has 0 unspecified atom stereocenters. The second kappa shape index (κ2) is 15.8. The lowest BCUT2D eigenvalue weighted by atomic mass is 10.1. The van der Waals surface area contributed by atoms with Crippen LogP contribution in [0.5, 0.6) is 0 Å². The number of aliphatic imine (C=N–C) groups is 1. The summed E-state index contributed by atoms with van der Waals surface area (Å²) in [6, 6.07) is 10.8. The number of nitrogens with one attached hydrogen (secondary N) is 2. The molecule has 2 N–H and O–H groups in total. The van der Waals surface area contributed by atoms with E-state index in [9.17, 15) is 0 Å². The minimum absolute atomic E-state index is 0. The van der Waals surface area contributed by atoms with Crippen molar-refractivity contribution in [2.75, 3.05) is 72.5 Å². The minimum Gasteiger partial charge on any atom is -0.356 e. The van der Waals surface area contributed by atoms with E-state index in [4.69, 9.17) is 0 Å². The third-order valence-electron chi connectivity index (χ3n) is 6.30. The van der Waals surface area contributed by atoms with Crippen molar-refractivity contribution in [2.24, 2.45) is 4.99 Å². The Morgan fingerprint density at radius 1 is 0.774 bits per heavy atom. The van der Waals surface area contributed by atoms with Gasteiger partial charge in [-0.1, -0.05) is 36.8 Å². The summed E-state index contributed by atoms with van der Waals surface area (Å²) in [4.78, 5) is 12.1. The van der Waals surface area contributed by atoms with Crippen LogP contribution in [0.2, 0.25) is 0 Å². The Balaban J connectivity index is 0.00000341. The summed E-state index contributed by atoms with van der Waals surface area (Å²) in [5.41, 5.74) is 1.43. The van der Waals surface area contributed by atoms with Gasteiger partial charge in [0.1, 0.15) is 0 Å². The van der Waals surface area contributed by atoms with E-state index in [-0.39, 0.29) is 24.0 Å². The van der Waals surface area contributed by atoms with E-state index in [0.29, 0.717) is 0 Å². The van der Waals surface area contributed by atoms with Crippen molar-refractivity contribution in [2.45, 2.75) is 38.6 Å². The second-order valence-corrected chi connectivity index (χ2v) is 8.64. The molecule has 176 valence electrons. The number of guanidine groups is 1. The molecule has 0 bridgehead atoms. The summed E-state index contributed by atoms with van der Waals surface area (Å²) in [6.07, 6.45) is 6.55. The van der Waals surface area contributed by atoms with Gasteiger partial charge in [-0.3, -0.25) is 9.89 Å². The van der Waals surface area contributed by atoms with Crippen LogP contribution in [0.3, 0.4) is 0 Å². The van der Waals surface area contributed by atoms with Crippen molar-refractivity contribution >= 4 is 29.9 Å². The van der Waals surface area contributed by atoms with E-state index in [1.165, 1.54) is 83.5 Å². The van der Waals surface area contributed by atoms with Crippen molar-refractivity contribution in [1.82, 2.24) is 25.3 Å². The number of hydrogen-bond acceptors (Lipinski definition) is 4. The number of piperazine rings is 1. The maximum Gasteiger partial charge on any atom is 0.191 e. The maximum absolute atomic E-state index is 4.36. The van der Waals surface area contributed by atoms with Crippen LogP contribution in [-0.4, -0.2) is 93.2 Å². The fourth-order valence-electron chi connectivity index (χ4n) is 4.42. The first-order chi connectivity index (χ1) is 14.8. The lowest BCUT2D eigenvalue weighted by Crippen LogP contribution is -2.46. The zero-order chi connectivity index (χ0) is 20.9. The molecule has 0 aliphatic carbocycles. The van der Waals surface area contributed by atoms with Crippen molar-refractivity contribution < 1.29 is 0 Å². The highest BCUT2D eigenvalue weighted by molar-refractivity contribution is 14.0. The van der Waals surface area contributed by atoms with Crippen molar-refractivity contribution in [3.63, 3.8) is 0 Å². The number of benzene rings is 1. The third-order valence-corrected chi connectivity index (χ3v) is 6.30. The Bertz CT molecular complexity index is 597. The summed E-state index contributed by atoms with van der Waals surface area (Å²) in [5, 5.41) is 6.94. The molecule has 0 amide bonds. The van der Waals surface area contributed by atoms with Gasteiger partial charge in [-0.25, -0.2) is 0 Å². The van der Waals surface area contributed by atoms with E-state index in [2.05, 4.69) is 60.7 Å². The highest BCUT2D eigenvalue weighted by Crippen LogP contribution is 2.09. The van der Waals surface area contributed by atoms with Gasteiger partial charge >= 0.3 is 0 Å².